The van der Waals surface area contributed by atoms with Gasteiger partial charge in [0.15, 0.2) is 9.84 Å². The molecule has 3 heterocycles. The maximum Gasteiger partial charge on any atom is 0.318 e. The molecule has 2 amide bonds. The van der Waals surface area contributed by atoms with E-state index in [1.165, 1.54) is 4.88 Å². The number of hydrogen-bond donors (Lipinski definition) is 1. The Hall–Kier alpha value is -1.08. The highest BCUT2D eigenvalue weighted by atomic mass is 32.2. The van der Waals surface area contributed by atoms with Gasteiger partial charge in [0.05, 0.1) is 17.5 Å². The van der Waals surface area contributed by atoms with Crippen molar-refractivity contribution in [3.63, 3.8) is 0 Å². The zero-order valence-electron chi connectivity index (χ0n) is 11.1. The summed E-state index contributed by atoms with van der Waals surface area (Å²) in [6.07, 6.45) is 2.52. The number of carbonyl (C=O) groups is 1. The van der Waals surface area contributed by atoms with E-state index in [0.717, 1.165) is 19.4 Å². The monoisotopic (exact) mass is 314 g/mol. The highest BCUT2D eigenvalue weighted by molar-refractivity contribution is 7.91. The molecule has 0 aliphatic carbocycles. The van der Waals surface area contributed by atoms with E-state index in [1.54, 1.807) is 11.3 Å². The summed E-state index contributed by atoms with van der Waals surface area (Å²) in [6, 6.07) is 3.85. The van der Waals surface area contributed by atoms with Crippen LogP contribution in [0.3, 0.4) is 0 Å². The summed E-state index contributed by atoms with van der Waals surface area (Å²) < 4.78 is 22.9. The molecular formula is C13H18N2O3S2. The van der Waals surface area contributed by atoms with Crippen LogP contribution in [0.25, 0.3) is 0 Å². The van der Waals surface area contributed by atoms with E-state index in [1.807, 2.05) is 16.3 Å². The molecule has 2 saturated heterocycles. The third-order valence-electron chi connectivity index (χ3n) is 3.95. The van der Waals surface area contributed by atoms with Gasteiger partial charge in [-0.05, 0) is 30.7 Å². The zero-order valence-corrected chi connectivity index (χ0v) is 12.8. The molecule has 5 nitrogen and oxygen atoms in total. The summed E-state index contributed by atoms with van der Waals surface area (Å²) in [6.45, 7) is 0.744. The van der Waals surface area contributed by atoms with Crippen LogP contribution in [0.5, 0.6) is 0 Å². The maximum absolute atomic E-state index is 12.3. The summed E-state index contributed by atoms with van der Waals surface area (Å²) in [5.41, 5.74) is 0. The Kier molecular flexibility index (Phi) is 3.72. The summed E-state index contributed by atoms with van der Waals surface area (Å²) in [7, 11) is -2.95. The Bertz CT molecular complexity index is 583. The molecule has 2 aliphatic heterocycles. The Morgan fingerprint density at radius 2 is 2.25 bits per heavy atom. The van der Waals surface area contributed by atoms with Gasteiger partial charge in [0, 0.05) is 17.5 Å². The molecule has 2 aliphatic rings. The fraction of sp³-hybridized carbons (Fsp3) is 0.615. The van der Waals surface area contributed by atoms with Gasteiger partial charge in [-0.15, -0.1) is 11.3 Å². The van der Waals surface area contributed by atoms with Crippen molar-refractivity contribution in [2.75, 3.05) is 18.1 Å². The topological polar surface area (TPSA) is 66.5 Å². The molecule has 1 aromatic rings. The SMILES string of the molecule is O=C(N[C@@H]1CCS(=O)(=O)C1)N1CCC[C@@H]1c1cccs1. The van der Waals surface area contributed by atoms with Gasteiger partial charge >= 0.3 is 6.03 Å². The third kappa shape index (κ3) is 2.83. The van der Waals surface area contributed by atoms with Crippen molar-refractivity contribution in [1.29, 1.82) is 0 Å². The number of nitrogens with zero attached hydrogens (tertiary/aromatic N) is 1. The van der Waals surface area contributed by atoms with Crippen molar-refractivity contribution < 1.29 is 13.2 Å². The molecule has 0 radical (unpaired) electrons. The van der Waals surface area contributed by atoms with E-state index in [2.05, 4.69) is 11.4 Å². The van der Waals surface area contributed by atoms with E-state index in [0.29, 0.717) is 6.42 Å². The second-order valence-corrected chi connectivity index (χ2v) is 8.62. The van der Waals surface area contributed by atoms with Crippen molar-refractivity contribution in [3.05, 3.63) is 22.4 Å². The molecule has 2 atom stereocenters. The predicted octanol–water partition coefficient (Wildman–Crippen LogP) is 1.78. The molecule has 7 heteroatoms. The second kappa shape index (κ2) is 5.37. The lowest BCUT2D eigenvalue weighted by molar-refractivity contribution is 0.190. The molecule has 0 spiro atoms. The number of nitrogens with one attached hydrogen (secondary N) is 1. The number of carbonyl (C=O) groups excluding carboxylic acids is 1. The summed E-state index contributed by atoms with van der Waals surface area (Å²) >= 11 is 1.67. The molecule has 0 bridgehead atoms. The second-order valence-electron chi connectivity index (χ2n) is 5.42. The number of urea groups is 1. The van der Waals surface area contributed by atoms with Crippen molar-refractivity contribution in [1.82, 2.24) is 10.2 Å². The van der Waals surface area contributed by atoms with Crippen LogP contribution in [0.1, 0.15) is 30.2 Å². The molecule has 110 valence electrons. The zero-order chi connectivity index (χ0) is 14.2. The van der Waals surface area contributed by atoms with Gasteiger partial charge < -0.3 is 10.2 Å². The van der Waals surface area contributed by atoms with E-state index >= 15 is 0 Å². The quantitative estimate of drug-likeness (QED) is 0.905. The number of rotatable bonds is 2. The Morgan fingerprint density at radius 3 is 2.90 bits per heavy atom. The highest BCUT2D eigenvalue weighted by Gasteiger charge is 2.34. The Balaban J connectivity index is 1.65. The number of likely N-dealkylation sites (tertiary alicyclic amines) is 1. The van der Waals surface area contributed by atoms with Crippen LogP contribution in [0.15, 0.2) is 17.5 Å². The number of sulfone groups is 1. The minimum Gasteiger partial charge on any atom is -0.334 e. The van der Waals surface area contributed by atoms with E-state index in [9.17, 15) is 13.2 Å². The average molecular weight is 314 g/mol. The normalized spacial score (nSPS) is 28.7. The van der Waals surface area contributed by atoms with Crippen molar-refractivity contribution in [2.45, 2.75) is 31.3 Å². The van der Waals surface area contributed by atoms with E-state index in [4.69, 9.17) is 0 Å². The molecule has 20 heavy (non-hydrogen) atoms. The highest BCUT2D eigenvalue weighted by Crippen LogP contribution is 2.34. The summed E-state index contributed by atoms with van der Waals surface area (Å²) in [4.78, 5) is 15.4. The lowest BCUT2D eigenvalue weighted by Crippen LogP contribution is -2.44. The molecule has 0 unspecified atom stereocenters. The third-order valence-corrected chi connectivity index (χ3v) is 6.69. The van der Waals surface area contributed by atoms with Crippen LogP contribution in [0.4, 0.5) is 4.79 Å². The maximum atomic E-state index is 12.3. The standard InChI is InChI=1S/C13H18N2O3S2/c16-13(14-10-5-8-20(17,18)9-10)15-6-1-3-11(15)12-4-2-7-19-12/h2,4,7,10-11H,1,3,5-6,8-9H2,(H,14,16)/t10-,11-/m1/s1. The first kappa shape index (κ1) is 13.9. The lowest BCUT2D eigenvalue weighted by Gasteiger charge is -2.25. The lowest BCUT2D eigenvalue weighted by atomic mass is 10.2. The Labute approximate surface area is 122 Å². The first-order valence-electron chi connectivity index (χ1n) is 6.86. The minimum atomic E-state index is -2.95. The van der Waals surface area contributed by atoms with Crippen LogP contribution < -0.4 is 5.32 Å². The van der Waals surface area contributed by atoms with E-state index in [-0.39, 0.29) is 29.6 Å². The van der Waals surface area contributed by atoms with Crippen molar-refractivity contribution in [3.8, 4) is 0 Å². The smallest absolute Gasteiger partial charge is 0.318 e. The van der Waals surface area contributed by atoms with Crippen LogP contribution >= 0.6 is 11.3 Å². The van der Waals surface area contributed by atoms with Crippen LogP contribution in [0, 0.1) is 0 Å². The number of thiophene rings is 1. The van der Waals surface area contributed by atoms with Crippen LogP contribution in [0.2, 0.25) is 0 Å². The molecule has 1 N–H and O–H groups in total. The van der Waals surface area contributed by atoms with Gasteiger partial charge in [0.25, 0.3) is 0 Å². The van der Waals surface area contributed by atoms with Gasteiger partial charge in [0.1, 0.15) is 0 Å². The van der Waals surface area contributed by atoms with Gasteiger partial charge in [-0.2, -0.15) is 0 Å². The fourth-order valence-corrected chi connectivity index (χ4v) is 5.50. The fourth-order valence-electron chi connectivity index (χ4n) is 2.95. The van der Waals surface area contributed by atoms with Crippen molar-refractivity contribution in [2.24, 2.45) is 0 Å². The molecule has 3 rings (SSSR count). The van der Waals surface area contributed by atoms with Gasteiger partial charge in [-0.25, -0.2) is 13.2 Å². The first-order valence-corrected chi connectivity index (χ1v) is 9.56. The number of amides is 2. The first-order chi connectivity index (χ1) is 9.55. The largest absolute Gasteiger partial charge is 0.334 e. The molecular weight excluding hydrogens is 296 g/mol. The molecule has 1 aromatic heterocycles. The average Bonchev–Trinajstić information content (AvgIpc) is 3.08. The number of hydrogen-bond acceptors (Lipinski definition) is 4. The van der Waals surface area contributed by atoms with Crippen LogP contribution in [-0.2, 0) is 9.84 Å². The van der Waals surface area contributed by atoms with Gasteiger partial charge in [-0.1, -0.05) is 6.07 Å². The predicted molar refractivity (Wildman–Crippen MR) is 78.6 cm³/mol. The Morgan fingerprint density at radius 1 is 1.40 bits per heavy atom. The minimum absolute atomic E-state index is 0.0796. The van der Waals surface area contributed by atoms with Crippen LogP contribution in [-0.4, -0.2) is 43.4 Å². The molecule has 2 fully saturated rings. The van der Waals surface area contributed by atoms with E-state index < -0.39 is 9.84 Å². The molecule has 0 aromatic carbocycles. The van der Waals surface area contributed by atoms with Gasteiger partial charge in [-0.3, -0.25) is 0 Å². The summed E-state index contributed by atoms with van der Waals surface area (Å²) in [5, 5.41) is 4.90. The summed E-state index contributed by atoms with van der Waals surface area (Å²) in [5.74, 6) is 0.266. The molecule has 0 saturated carbocycles. The van der Waals surface area contributed by atoms with Gasteiger partial charge in [0.2, 0.25) is 0 Å². The van der Waals surface area contributed by atoms with Crippen molar-refractivity contribution >= 4 is 27.2 Å².